The van der Waals surface area contributed by atoms with Gasteiger partial charge in [-0.1, -0.05) is 30.3 Å². The third-order valence-corrected chi connectivity index (χ3v) is 4.68. The number of nitrogens with zero attached hydrogens (tertiary/aromatic N) is 1. The Morgan fingerprint density at radius 3 is 2.69 bits per heavy atom. The maximum Gasteiger partial charge on any atom is 0.316 e. The summed E-state index contributed by atoms with van der Waals surface area (Å²) < 4.78 is 11.4. The molecule has 0 saturated carbocycles. The zero-order chi connectivity index (χ0) is 18.1. The van der Waals surface area contributed by atoms with Gasteiger partial charge in [0.05, 0.1) is 6.54 Å². The number of carbonyl (C=O) groups excluding carboxylic acids is 2. The summed E-state index contributed by atoms with van der Waals surface area (Å²) in [6.07, 6.45) is 0.427. The van der Waals surface area contributed by atoms with Gasteiger partial charge in [0.1, 0.15) is 12.7 Å². The van der Waals surface area contributed by atoms with Gasteiger partial charge in [-0.25, -0.2) is 0 Å². The van der Waals surface area contributed by atoms with Crippen LogP contribution < -0.4 is 19.7 Å². The van der Waals surface area contributed by atoms with Crippen molar-refractivity contribution in [3.05, 3.63) is 54.1 Å². The SMILES string of the molecule is CC1Cc2ccccc2N1C(=O)C(=O)NCC1COc2ccccc2O1. The molecule has 26 heavy (non-hydrogen) atoms. The second kappa shape index (κ2) is 6.71. The molecule has 2 unspecified atom stereocenters. The highest BCUT2D eigenvalue weighted by Gasteiger charge is 2.34. The predicted molar refractivity (Wildman–Crippen MR) is 96.5 cm³/mol. The quantitative estimate of drug-likeness (QED) is 0.839. The lowest BCUT2D eigenvalue weighted by atomic mass is 10.1. The molecule has 0 saturated heterocycles. The Bertz CT molecular complexity index is 851. The minimum absolute atomic E-state index is 0.0354. The summed E-state index contributed by atoms with van der Waals surface area (Å²) in [6, 6.07) is 15.0. The molecule has 0 fully saturated rings. The summed E-state index contributed by atoms with van der Waals surface area (Å²) in [4.78, 5) is 26.6. The van der Waals surface area contributed by atoms with Crippen molar-refractivity contribution in [2.75, 3.05) is 18.1 Å². The smallest absolute Gasteiger partial charge is 0.316 e. The minimum atomic E-state index is -0.629. The van der Waals surface area contributed by atoms with Gasteiger partial charge in [0.2, 0.25) is 0 Å². The topological polar surface area (TPSA) is 67.9 Å². The maximum absolute atomic E-state index is 12.6. The number of hydrogen-bond acceptors (Lipinski definition) is 4. The lowest BCUT2D eigenvalue weighted by molar-refractivity contribution is -0.138. The maximum atomic E-state index is 12.6. The van der Waals surface area contributed by atoms with E-state index in [9.17, 15) is 9.59 Å². The van der Waals surface area contributed by atoms with Crippen LogP contribution in [0.2, 0.25) is 0 Å². The van der Waals surface area contributed by atoms with Crippen LogP contribution in [-0.4, -0.2) is 37.1 Å². The van der Waals surface area contributed by atoms with Crippen LogP contribution in [0.25, 0.3) is 0 Å². The number of carbonyl (C=O) groups is 2. The van der Waals surface area contributed by atoms with Gasteiger partial charge in [-0.3, -0.25) is 9.59 Å². The normalized spacial score (nSPS) is 20.4. The molecule has 0 spiro atoms. The molecule has 2 amide bonds. The molecule has 2 aliphatic heterocycles. The molecule has 1 N–H and O–H groups in total. The van der Waals surface area contributed by atoms with Gasteiger partial charge in [0.25, 0.3) is 0 Å². The van der Waals surface area contributed by atoms with Crippen LogP contribution in [0, 0.1) is 0 Å². The molecule has 6 heteroatoms. The molecule has 6 nitrogen and oxygen atoms in total. The summed E-state index contributed by atoms with van der Waals surface area (Å²) in [6.45, 7) is 2.48. The van der Waals surface area contributed by atoms with Gasteiger partial charge < -0.3 is 19.7 Å². The van der Waals surface area contributed by atoms with Gasteiger partial charge >= 0.3 is 11.8 Å². The molecule has 0 aromatic heterocycles. The van der Waals surface area contributed by atoms with Crippen LogP contribution >= 0.6 is 0 Å². The minimum Gasteiger partial charge on any atom is -0.486 e. The number of hydrogen-bond donors (Lipinski definition) is 1. The number of ether oxygens (including phenoxy) is 2. The number of para-hydroxylation sites is 3. The van der Waals surface area contributed by atoms with Gasteiger partial charge in [-0.05, 0) is 37.1 Å². The van der Waals surface area contributed by atoms with Crippen molar-refractivity contribution in [1.29, 1.82) is 0 Å². The number of benzene rings is 2. The van der Waals surface area contributed by atoms with Crippen LogP contribution in [0.15, 0.2) is 48.5 Å². The van der Waals surface area contributed by atoms with E-state index < -0.39 is 11.8 Å². The molecule has 0 bridgehead atoms. The van der Waals surface area contributed by atoms with Gasteiger partial charge in [0.15, 0.2) is 11.5 Å². The average molecular weight is 352 g/mol. The van der Waals surface area contributed by atoms with E-state index in [2.05, 4.69) is 5.32 Å². The van der Waals surface area contributed by atoms with Crippen LogP contribution in [0.4, 0.5) is 5.69 Å². The number of amides is 2. The van der Waals surface area contributed by atoms with E-state index in [1.165, 1.54) is 0 Å². The first-order valence-corrected chi connectivity index (χ1v) is 8.71. The summed E-state index contributed by atoms with van der Waals surface area (Å²) in [5.41, 5.74) is 1.90. The molecule has 2 aliphatic rings. The number of rotatable bonds is 2. The second-order valence-corrected chi connectivity index (χ2v) is 6.56. The van der Waals surface area contributed by atoms with Crippen molar-refractivity contribution in [3.8, 4) is 11.5 Å². The Labute approximate surface area is 151 Å². The lowest BCUT2D eigenvalue weighted by Crippen LogP contribution is -2.49. The molecule has 4 rings (SSSR count). The van der Waals surface area contributed by atoms with Crippen molar-refractivity contribution < 1.29 is 19.1 Å². The number of nitrogens with one attached hydrogen (secondary N) is 1. The number of anilines is 1. The molecule has 2 atom stereocenters. The molecule has 2 aromatic rings. The van der Waals surface area contributed by atoms with E-state index in [-0.39, 0.29) is 18.7 Å². The van der Waals surface area contributed by atoms with Crippen LogP contribution in [0.5, 0.6) is 11.5 Å². The Morgan fingerprint density at radius 1 is 1.12 bits per heavy atom. The van der Waals surface area contributed by atoms with Crippen molar-refractivity contribution in [1.82, 2.24) is 5.32 Å². The highest BCUT2D eigenvalue weighted by Crippen LogP contribution is 2.32. The Hall–Kier alpha value is -3.02. The predicted octanol–water partition coefficient (Wildman–Crippen LogP) is 1.92. The zero-order valence-corrected chi connectivity index (χ0v) is 14.5. The monoisotopic (exact) mass is 352 g/mol. The van der Waals surface area contributed by atoms with Gasteiger partial charge in [-0.15, -0.1) is 0 Å². The van der Waals surface area contributed by atoms with Crippen molar-refractivity contribution >= 4 is 17.5 Å². The molecule has 2 aromatic carbocycles. The Balaban J connectivity index is 1.38. The van der Waals surface area contributed by atoms with Crippen molar-refractivity contribution in [3.63, 3.8) is 0 Å². The Morgan fingerprint density at radius 2 is 1.85 bits per heavy atom. The van der Waals surface area contributed by atoms with E-state index in [1.807, 2.05) is 55.5 Å². The van der Waals surface area contributed by atoms with E-state index in [4.69, 9.17) is 9.47 Å². The van der Waals surface area contributed by atoms with E-state index in [1.54, 1.807) is 4.90 Å². The Kier molecular flexibility index (Phi) is 4.24. The van der Waals surface area contributed by atoms with Gasteiger partial charge in [-0.2, -0.15) is 0 Å². The average Bonchev–Trinajstić information content (AvgIpc) is 3.01. The first-order chi connectivity index (χ1) is 12.6. The summed E-state index contributed by atoms with van der Waals surface area (Å²) in [5.74, 6) is 0.163. The molecular weight excluding hydrogens is 332 g/mol. The first kappa shape index (κ1) is 16.4. The standard InChI is InChI=1S/C20H20N2O4/c1-13-10-14-6-2-3-7-16(14)22(13)20(24)19(23)21-11-15-12-25-17-8-4-5-9-18(17)26-15/h2-9,13,15H,10-12H2,1H3,(H,21,23). The van der Waals surface area contributed by atoms with E-state index in [0.717, 1.165) is 17.7 Å². The fraction of sp³-hybridized carbons (Fsp3) is 0.300. The van der Waals surface area contributed by atoms with Crippen molar-refractivity contribution in [2.24, 2.45) is 0 Å². The highest BCUT2D eigenvalue weighted by atomic mass is 16.6. The molecule has 2 heterocycles. The summed E-state index contributed by atoms with van der Waals surface area (Å²) in [7, 11) is 0. The summed E-state index contributed by atoms with van der Waals surface area (Å²) >= 11 is 0. The second-order valence-electron chi connectivity index (χ2n) is 6.56. The molecule has 134 valence electrons. The summed E-state index contributed by atoms with van der Waals surface area (Å²) in [5, 5.41) is 2.68. The first-order valence-electron chi connectivity index (χ1n) is 8.71. The fourth-order valence-corrected chi connectivity index (χ4v) is 3.43. The van der Waals surface area contributed by atoms with Crippen molar-refractivity contribution in [2.45, 2.75) is 25.5 Å². The van der Waals surface area contributed by atoms with Crippen LogP contribution in [0.1, 0.15) is 12.5 Å². The van der Waals surface area contributed by atoms with Gasteiger partial charge in [0, 0.05) is 11.7 Å². The number of fused-ring (bicyclic) bond motifs is 2. The van der Waals surface area contributed by atoms with Crippen LogP contribution in [-0.2, 0) is 16.0 Å². The largest absolute Gasteiger partial charge is 0.486 e. The fourth-order valence-electron chi connectivity index (χ4n) is 3.43. The molecule has 0 radical (unpaired) electrons. The third-order valence-electron chi connectivity index (χ3n) is 4.68. The highest BCUT2D eigenvalue weighted by molar-refractivity contribution is 6.40. The molecular formula is C20H20N2O4. The molecule has 0 aliphatic carbocycles. The van der Waals surface area contributed by atoms with E-state index in [0.29, 0.717) is 18.1 Å². The van der Waals surface area contributed by atoms with E-state index >= 15 is 0 Å². The van der Waals surface area contributed by atoms with Crippen LogP contribution in [0.3, 0.4) is 0 Å². The lowest BCUT2D eigenvalue weighted by Gasteiger charge is -2.27. The third kappa shape index (κ3) is 2.98. The zero-order valence-electron chi connectivity index (χ0n) is 14.5.